The van der Waals surface area contributed by atoms with Crippen molar-refractivity contribution in [3.8, 4) is 0 Å². The van der Waals surface area contributed by atoms with Crippen molar-refractivity contribution in [1.82, 2.24) is 19.9 Å². The van der Waals surface area contributed by atoms with Crippen molar-refractivity contribution in [2.45, 2.75) is 51.5 Å². The van der Waals surface area contributed by atoms with E-state index in [2.05, 4.69) is 15.4 Å². The van der Waals surface area contributed by atoms with Gasteiger partial charge < -0.3 is 10.4 Å². The molecule has 2 aromatic heterocycles. The lowest BCUT2D eigenvalue weighted by Crippen LogP contribution is -2.48. The monoisotopic (exact) mass is 316 g/mol. The Bertz CT molecular complexity index is 775. The number of hydrogen-bond donors (Lipinski definition) is 2. The first-order valence-electron chi connectivity index (χ1n) is 7.76. The highest BCUT2D eigenvalue weighted by Crippen LogP contribution is 2.33. The van der Waals surface area contributed by atoms with Gasteiger partial charge in [0, 0.05) is 12.3 Å². The molecule has 0 saturated heterocycles. The second-order valence-electron chi connectivity index (χ2n) is 6.33. The molecule has 0 bridgehead atoms. The van der Waals surface area contributed by atoms with Crippen molar-refractivity contribution in [2.24, 2.45) is 0 Å². The van der Waals surface area contributed by atoms with Crippen molar-refractivity contribution < 1.29 is 14.7 Å². The molecule has 7 nitrogen and oxygen atoms in total. The summed E-state index contributed by atoms with van der Waals surface area (Å²) in [6, 6.07) is 1.84. The van der Waals surface area contributed by atoms with E-state index in [1.807, 2.05) is 19.9 Å². The van der Waals surface area contributed by atoms with Crippen LogP contribution in [0.4, 0.5) is 0 Å². The number of carboxylic acids is 1. The number of nitrogens with one attached hydrogen (secondary N) is 1. The van der Waals surface area contributed by atoms with Crippen LogP contribution in [-0.4, -0.2) is 37.1 Å². The lowest BCUT2D eigenvalue weighted by molar-refractivity contribution is -0.138. The molecule has 0 aliphatic heterocycles. The fraction of sp³-hybridized carbons (Fsp3) is 0.500. The number of carbonyl (C=O) groups is 2. The summed E-state index contributed by atoms with van der Waals surface area (Å²) in [5, 5.41) is 16.4. The van der Waals surface area contributed by atoms with E-state index in [4.69, 9.17) is 5.11 Å². The molecular formula is C16H20N4O3. The zero-order chi connectivity index (χ0) is 16.6. The van der Waals surface area contributed by atoms with Gasteiger partial charge in [-0.2, -0.15) is 5.10 Å². The molecule has 0 radical (unpaired) electrons. The summed E-state index contributed by atoms with van der Waals surface area (Å²) in [6.07, 6.45) is 4.74. The molecule has 1 aliphatic rings. The maximum atomic E-state index is 12.7. The quantitative estimate of drug-likeness (QED) is 0.897. The van der Waals surface area contributed by atoms with Crippen molar-refractivity contribution in [3.05, 3.63) is 29.2 Å². The second-order valence-corrected chi connectivity index (χ2v) is 6.33. The molecule has 0 atom stereocenters. The first-order valence-corrected chi connectivity index (χ1v) is 7.76. The minimum atomic E-state index is -0.889. The smallest absolute Gasteiger partial charge is 0.305 e. The Balaban J connectivity index is 1.90. The van der Waals surface area contributed by atoms with Gasteiger partial charge in [-0.15, -0.1) is 0 Å². The number of rotatable bonds is 4. The molecule has 2 N–H and O–H groups in total. The molecule has 1 fully saturated rings. The third-order valence-electron chi connectivity index (χ3n) is 4.52. The lowest BCUT2D eigenvalue weighted by Gasteiger charge is -2.28. The van der Waals surface area contributed by atoms with Gasteiger partial charge in [-0.3, -0.25) is 9.59 Å². The number of hydrogen-bond acceptors (Lipinski definition) is 4. The number of carboxylic acid groups (broad SMARTS) is 1. The van der Waals surface area contributed by atoms with Crippen LogP contribution in [0.5, 0.6) is 0 Å². The Hall–Kier alpha value is -2.44. The predicted molar refractivity (Wildman–Crippen MR) is 83.4 cm³/mol. The van der Waals surface area contributed by atoms with Crippen molar-refractivity contribution in [3.63, 3.8) is 0 Å². The average Bonchev–Trinajstić information content (AvgIpc) is 3.05. The van der Waals surface area contributed by atoms with Crippen LogP contribution in [0.1, 0.15) is 53.8 Å². The van der Waals surface area contributed by atoms with Crippen LogP contribution < -0.4 is 5.32 Å². The zero-order valence-corrected chi connectivity index (χ0v) is 13.3. The Morgan fingerprint density at radius 3 is 2.70 bits per heavy atom. The molecule has 0 spiro atoms. The van der Waals surface area contributed by atoms with Crippen molar-refractivity contribution >= 4 is 17.5 Å². The maximum Gasteiger partial charge on any atom is 0.305 e. The molecular weight excluding hydrogens is 296 g/mol. The van der Waals surface area contributed by atoms with Crippen LogP contribution in [0.2, 0.25) is 0 Å². The number of carbonyl (C=O) groups excluding carboxylic acids is 1. The van der Waals surface area contributed by atoms with Crippen molar-refractivity contribution in [2.75, 3.05) is 0 Å². The first kappa shape index (κ1) is 15.5. The van der Waals surface area contributed by atoms with Gasteiger partial charge in [0.05, 0.1) is 28.9 Å². The number of aliphatic carboxylic acids is 1. The van der Waals surface area contributed by atoms with Crippen LogP contribution in [0.25, 0.3) is 5.65 Å². The fourth-order valence-corrected chi connectivity index (χ4v) is 3.38. The predicted octanol–water partition coefficient (Wildman–Crippen LogP) is 1.86. The molecule has 1 amide bonds. The number of aromatic nitrogens is 3. The Labute approximate surface area is 133 Å². The van der Waals surface area contributed by atoms with E-state index in [0.717, 1.165) is 18.5 Å². The van der Waals surface area contributed by atoms with Gasteiger partial charge in [0.1, 0.15) is 0 Å². The van der Waals surface area contributed by atoms with Crippen LogP contribution in [-0.2, 0) is 4.79 Å². The summed E-state index contributed by atoms with van der Waals surface area (Å²) in [5.74, 6) is -1.17. The summed E-state index contributed by atoms with van der Waals surface area (Å²) in [5.41, 5.74) is 2.00. The topological polar surface area (TPSA) is 96.6 Å². The summed E-state index contributed by atoms with van der Waals surface area (Å²) in [7, 11) is 0. The lowest BCUT2D eigenvalue weighted by atomic mass is 9.92. The van der Waals surface area contributed by atoms with Gasteiger partial charge in [0.25, 0.3) is 5.91 Å². The van der Waals surface area contributed by atoms with Gasteiger partial charge >= 0.3 is 5.97 Å². The van der Waals surface area contributed by atoms with Crippen LogP contribution in [0.15, 0.2) is 12.3 Å². The Morgan fingerprint density at radius 1 is 1.35 bits per heavy atom. The van der Waals surface area contributed by atoms with Gasteiger partial charge in [-0.05, 0) is 26.7 Å². The van der Waals surface area contributed by atoms with Gasteiger partial charge in [0.15, 0.2) is 5.65 Å². The Morgan fingerprint density at radius 2 is 2.04 bits per heavy atom. The van der Waals surface area contributed by atoms with E-state index < -0.39 is 11.5 Å². The molecule has 0 aromatic carbocycles. The molecule has 122 valence electrons. The zero-order valence-electron chi connectivity index (χ0n) is 13.3. The van der Waals surface area contributed by atoms with Gasteiger partial charge in [-0.25, -0.2) is 9.50 Å². The molecule has 1 aliphatic carbocycles. The van der Waals surface area contributed by atoms with E-state index in [0.29, 0.717) is 29.7 Å². The number of amides is 1. The van der Waals surface area contributed by atoms with Crippen LogP contribution in [0, 0.1) is 13.8 Å². The average molecular weight is 316 g/mol. The van der Waals surface area contributed by atoms with E-state index in [1.165, 1.54) is 6.20 Å². The van der Waals surface area contributed by atoms with Crippen LogP contribution in [0.3, 0.4) is 0 Å². The third-order valence-corrected chi connectivity index (χ3v) is 4.52. The standard InChI is InChI=1S/C16H20N4O3/c1-10-7-13-17-9-12(11(2)20(13)19-10)15(23)18-16(8-14(21)22)5-3-4-6-16/h7,9H,3-6,8H2,1-2H3,(H,18,23)(H,21,22). The van der Waals surface area contributed by atoms with E-state index in [9.17, 15) is 9.59 Å². The first-order chi connectivity index (χ1) is 10.9. The number of fused-ring (bicyclic) bond motifs is 1. The summed E-state index contributed by atoms with van der Waals surface area (Å²) in [6.45, 7) is 3.68. The molecule has 0 unspecified atom stereocenters. The van der Waals surface area contributed by atoms with E-state index in [-0.39, 0.29) is 12.3 Å². The molecule has 1 saturated carbocycles. The third kappa shape index (κ3) is 2.91. The SMILES string of the molecule is Cc1cc2ncc(C(=O)NC3(CC(=O)O)CCCC3)c(C)n2n1. The summed E-state index contributed by atoms with van der Waals surface area (Å²) < 4.78 is 1.64. The molecule has 2 aromatic rings. The minimum absolute atomic E-state index is 0.0473. The number of nitrogens with zero attached hydrogens (tertiary/aromatic N) is 3. The maximum absolute atomic E-state index is 12.7. The van der Waals surface area contributed by atoms with Gasteiger partial charge in [0.2, 0.25) is 0 Å². The molecule has 2 heterocycles. The Kier molecular flexibility index (Phi) is 3.79. The van der Waals surface area contributed by atoms with Gasteiger partial charge in [-0.1, -0.05) is 12.8 Å². The second kappa shape index (κ2) is 5.64. The highest BCUT2D eigenvalue weighted by Gasteiger charge is 2.38. The highest BCUT2D eigenvalue weighted by molar-refractivity contribution is 5.96. The van der Waals surface area contributed by atoms with E-state index >= 15 is 0 Å². The summed E-state index contributed by atoms with van der Waals surface area (Å²) in [4.78, 5) is 28.1. The molecule has 7 heteroatoms. The molecule has 23 heavy (non-hydrogen) atoms. The van der Waals surface area contributed by atoms with Crippen molar-refractivity contribution in [1.29, 1.82) is 0 Å². The van der Waals surface area contributed by atoms with Crippen LogP contribution >= 0.6 is 0 Å². The normalized spacial score (nSPS) is 16.6. The number of aryl methyl sites for hydroxylation is 2. The summed E-state index contributed by atoms with van der Waals surface area (Å²) >= 11 is 0. The van der Waals surface area contributed by atoms with E-state index in [1.54, 1.807) is 4.52 Å². The fourth-order valence-electron chi connectivity index (χ4n) is 3.38. The highest BCUT2D eigenvalue weighted by atomic mass is 16.4. The molecule has 3 rings (SSSR count). The minimum Gasteiger partial charge on any atom is -0.481 e. The largest absolute Gasteiger partial charge is 0.481 e.